The molecule has 5 nitrogen and oxygen atoms in total. The number of amides is 2. The maximum Gasteiger partial charge on any atom is 0.223 e. The molecule has 1 saturated heterocycles. The molecular weight excluding hydrogens is 338 g/mol. The first-order valence-electron chi connectivity index (χ1n) is 9.96. The normalized spacial score (nSPS) is 15.3. The van der Waals surface area contributed by atoms with Crippen LogP contribution in [-0.4, -0.2) is 73.3 Å². The number of nitrogens with zero attached hydrogens (tertiary/aromatic N) is 3. The van der Waals surface area contributed by atoms with Gasteiger partial charge in [0.25, 0.3) is 0 Å². The number of rotatable bonds is 7. The van der Waals surface area contributed by atoms with Crippen molar-refractivity contribution < 1.29 is 9.59 Å². The van der Waals surface area contributed by atoms with Gasteiger partial charge in [0.2, 0.25) is 11.8 Å². The summed E-state index contributed by atoms with van der Waals surface area (Å²) >= 11 is 0. The van der Waals surface area contributed by atoms with Crippen LogP contribution < -0.4 is 0 Å². The van der Waals surface area contributed by atoms with E-state index < -0.39 is 0 Å². The van der Waals surface area contributed by atoms with Crippen LogP contribution in [0.5, 0.6) is 0 Å². The third kappa shape index (κ3) is 6.35. The molecule has 0 spiro atoms. The molecule has 1 aromatic rings. The van der Waals surface area contributed by atoms with Crippen LogP contribution in [0.1, 0.15) is 44.2 Å². The highest BCUT2D eigenvalue weighted by atomic mass is 16.2. The molecule has 0 atom stereocenters. The van der Waals surface area contributed by atoms with Crippen molar-refractivity contribution in [1.82, 2.24) is 14.7 Å². The quantitative estimate of drug-likeness (QED) is 0.738. The Morgan fingerprint density at radius 3 is 1.89 bits per heavy atom. The van der Waals surface area contributed by atoms with Crippen LogP contribution in [0.2, 0.25) is 0 Å². The average Bonchev–Trinajstić information content (AvgIpc) is 2.64. The molecule has 0 aromatic heterocycles. The van der Waals surface area contributed by atoms with Gasteiger partial charge < -0.3 is 14.7 Å². The lowest BCUT2D eigenvalue weighted by Crippen LogP contribution is -2.51. The molecule has 0 saturated carbocycles. The molecule has 5 heteroatoms. The minimum atomic E-state index is -0.0205. The third-order valence-corrected chi connectivity index (χ3v) is 5.55. The van der Waals surface area contributed by atoms with E-state index in [0.29, 0.717) is 39.0 Å². The molecule has 2 amide bonds. The van der Waals surface area contributed by atoms with Crippen LogP contribution in [-0.2, 0) is 15.0 Å². The van der Waals surface area contributed by atoms with E-state index in [1.165, 1.54) is 11.1 Å². The van der Waals surface area contributed by atoms with Gasteiger partial charge in [0, 0.05) is 45.6 Å². The van der Waals surface area contributed by atoms with Gasteiger partial charge in [-0.1, -0.05) is 43.7 Å². The van der Waals surface area contributed by atoms with Crippen molar-refractivity contribution in [3.8, 4) is 0 Å². The fourth-order valence-electron chi connectivity index (χ4n) is 3.41. The molecular formula is C22H35N3O2. The van der Waals surface area contributed by atoms with E-state index in [1.807, 2.05) is 28.8 Å². The minimum absolute atomic E-state index is 0.0205. The Hall–Kier alpha value is -1.88. The molecule has 2 rings (SSSR count). The molecule has 1 aliphatic heterocycles. The topological polar surface area (TPSA) is 43.9 Å². The monoisotopic (exact) mass is 373 g/mol. The average molecular weight is 374 g/mol. The number of carbonyl (C=O) groups is 2. The third-order valence-electron chi connectivity index (χ3n) is 5.55. The first-order valence-corrected chi connectivity index (χ1v) is 9.96. The van der Waals surface area contributed by atoms with Gasteiger partial charge >= 0.3 is 0 Å². The van der Waals surface area contributed by atoms with E-state index >= 15 is 0 Å². The number of carbonyl (C=O) groups excluding carboxylic acids is 2. The van der Waals surface area contributed by atoms with Gasteiger partial charge in [-0.05, 0) is 38.4 Å². The van der Waals surface area contributed by atoms with Gasteiger partial charge in [0.05, 0.1) is 0 Å². The summed E-state index contributed by atoms with van der Waals surface area (Å²) in [5.41, 5.74) is 2.51. The SMILES string of the molecule is Cc1ccc(C(C)(C)CCC(=O)N2CCN(C(=O)CCN(C)C)CC2)cc1. The fourth-order valence-corrected chi connectivity index (χ4v) is 3.41. The van der Waals surface area contributed by atoms with Crippen molar-refractivity contribution in [1.29, 1.82) is 0 Å². The van der Waals surface area contributed by atoms with Crippen LogP contribution in [0, 0.1) is 6.92 Å². The lowest BCUT2D eigenvalue weighted by molar-refractivity contribution is -0.139. The summed E-state index contributed by atoms with van der Waals surface area (Å²) in [6.45, 7) is 9.86. The fraction of sp³-hybridized carbons (Fsp3) is 0.636. The highest BCUT2D eigenvalue weighted by Crippen LogP contribution is 2.29. The zero-order valence-corrected chi connectivity index (χ0v) is 17.6. The Morgan fingerprint density at radius 2 is 1.41 bits per heavy atom. The number of piperazine rings is 1. The molecule has 0 radical (unpaired) electrons. The molecule has 1 fully saturated rings. The number of hydrogen-bond donors (Lipinski definition) is 0. The second-order valence-electron chi connectivity index (χ2n) is 8.56. The molecule has 0 N–H and O–H groups in total. The maximum atomic E-state index is 12.6. The highest BCUT2D eigenvalue weighted by molar-refractivity contribution is 5.78. The molecule has 1 heterocycles. The maximum absolute atomic E-state index is 12.6. The van der Waals surface area contributed by atoms with Crippen molar-refractivity contribution in [3.05, 3.63) is 35.4 Å². The van der Waals surface area contributed by atoms with E-state index in [1.54, 1.807) is 0 Å². The second-order valence-corrected chi connectivity index (χ2v) is 8.56. The van der Waals surface area contributed by atoms with E-state index in [2.05, 4.69) is 45.0 Å². The van der Waals surface area contributed by atoms with E-state index in [9.17, 15) is 9.59 Å². The standard InChI is InChI=1S/C22H35N3O2/c1-18-6-8-19(9-7-18)22(2,3)12-10-20(26)24-14-16-25(17-15-24)21(27)11-13-23(4)5/h6-9H,10-17H2,1-5H3. The summed E-state index contributed by atoms with van der Waals surface area (Å²) in [7, 11) is 3.95. The largest absolute Gasteiger partial charge is 0.339 e. The summed E-state index contributed by atoms with van der Waals surface area (Å²) in [5, 5.41) is 0. The zero-order valence-electron chi connectivity index (χ0n) is 17.6. The van der Waals surface area contributed by atoms with Crippen LogP contribution >= 0.6 is 0 Å². The van der Waals surface area contributed by atoms with Gasteiger partial charge in [0.15, 0.2) is 0 Å². The minimum Gasteiger partial charge on any atom is -0.339 e. The van der Waals surface area contributed by atoms with Crippen LogP contribution in [0.3, 0.4) is 0 Å². The first-order chi connectivity index (χ1) is 12.7. The predicted molar refractivity (Wildman–Crippen MR) is 110 cm³/mol. The van der Waals surface area contributed by atoms with Crippen LogP contribution in [0.15, 0.2) is 24.3 Å². The van der Waals surface area contributed by atoms with Gasteiger partial charge in [0.1, 0.15) is 0 Å². The summed E-state index contributed by atoms with van der Waals surface area (Å²) in [4.78, 5) is 30.7. The Labute approximate surface area is 164 Å². The Kier molecular flexibility index (Phi) is 7.42. The summed E-state index contributed by atoms with van der Waals surface area (Å²) in [5.74, 6) is 0.395. The predicted octanol–water partition coefficient (Wildman–Crippen LogP) is 2.68. The molecule has 0 unspecified atom stereocenters. The molecule has 1 aliphatic rings. The zero-order chi connectivity index (χ0) is 20.0. The molecule has 1 aromatic carbocycles. The molecule has 27 heavy (non-hydrogen) atoms. The summed E-state index contributed by atoms with van der Waals surface area (Å²) in [6.07, 6.45) is 1.93. The van der Waals surface area contributed by atoms with Crippen molar-refractivity contribution in [2.24, 2.45) is 0 Å². The molecule has 0 bridgehead atoms. The Morgan fingerprint density at radius 1 is 0.926 bits per heavy atom. The Balaban J connectivity index is 1.79. The molecule has 150 valence electrons. The van der Waals surface area contributed by atoms with Crippen LogP contribution in [0.25, 0.3) is 0 Å². The number of benzene rings is 1. The van der Waals surface area contributed by atoms with Crippen LogP contribution in [0.4, 0.5) is 0 Å². The van der Waals surface area contributed by atoms with Gasteiger partial charge in [-0.15, -0.1) is 0 Å². The van der Waals surface area contributed by atoms with Gasteiger partial charge in [-0.2, -0.15) is 0 Å². The smallest absolute Gasteiger partial charge is 0.223 e. The lowest BCUT2D eigenvalue weighted by Gasteiger charge is -2.35. The van der Waals surface area contributed by atoms with E-state index in [-0.39, 0.29) is 17.2 Å². The van der Waals surface area contributed by atoms with Crippen molar-refractivity contribution in [2.75, 3.05) is 46.8 Å². The van der Waals surface area contributed by atoms with Gasteiger partial charge in [-0.3, -0.25) is 9.59 Å². The molecule has 0 aliphatic carbocycles. The van der Waals surface area contributed by atoms with Gasteiger partial charge in [-0.25, -0.2) is 0 Å². The number of aryl methyl sites for hydroxylation is 1. The second kappa shape index (κ2) is 9.36. The van der Waals surface area contributed by atoms with Crippen molar-refractivity contribution >= 4 is 11.8 Å². The summed E-state index contributed by atoms with van der Waals surface area (Å²) in [6, 6.07) is 8.59. The Bertz CT molecular complexity index is 629. The highest BCUT2D eigenvalue weighted by Gasteiger charge is 2.26. The number of hydrogen-bond acceptors (Lipinski definition) is 3. The summed E-state index contributed by atoms with van der Waals surface area (Å²) < 4.78 is 0. The lowest BCUT2D eigenvalue weighted by atomic mass is 9.80. The van der Waals surface area contributed by atoms with E-state index in [4.69, 9.17) is 0 Å². The first kappa shape index (κ1) is 21.4. The van der Waals surface area contributed by atoms with Crippen molar-refractivity contribution in [3.63, 3.8) is 0 Å². The van der Waals surface area contributed by atoms with E-state index in [0.717, 1.165) is 13.0 Å². The van der Waals surface area contributed by atoms with Crippen molar-refractivity contribution in [2.45, 2.75) is 45.4 Å².